The standard InChI is InChI=1S/C14H26N2O3/c1-10-12(6-8-18-10)15-11-5-7-16(9-11)13(17)19-14(2,3)4/h10-12,15H,5-9H2,1-4H3. The predicted octanol–water partition coefficient (Wildman–Crippen LogP) is 1.76. The Morgan fingerprint density at radius 1 is 1.37 bits per heavy atom. The van der Waals surface area contributed by atoms with Crippen LogP contribution in [-0.4, -0.2) is 54.5 Å². The maximum atomic E-state index is 12.0. The average molecular weight is 270 g/mol. The van der Waals surface area contributed by atoms with Crippen LogP contribution in [0.2, 0.25) is 0 Å². The maximum absolute atomic E-state index is 12.0. The van der Waals surface area contributed by atoms with Crippen LogP contribution in [0.1, 0.15) is 40.5 Å². The van der Waals surface area contributed by atoms with E-state index in [0.29, 0.717) is 12.1 Å². The van der Waals surface area contributed by atoms with Crippen LogP contribution in [0.3, 0.4) is 0 Å². The lowest BCUT2D eigenvalue weighted by molar-refractivity contribution is 0.0289. The van der Waals surface area contributed by atoms with Crippen molar-refractivity contribution in [2.24, 2.45) is 0 Å². The van der Waals surface area contributed by atoms with Crippen LogP contribution in [0.5, 0.6) is 0 Å². The van der Waals surface area contributed by atoms with Crippen LogP contribution >= 0.6 is 0 Å². The second kappa shape index (κ2) is 5.67. The molecule has 110 valence electrons. The van der Waals surface area contributed by atoms with Crippen molar-refractivity contribution in [3.05, 3.63) is 0 Å². The number of likely N-dealkylation sites (tertiary alicyclic amines) is 1. The molecule has 1 amide bonds. The van der Waals surface area contributed by atoms with E-state index in [4.69, 9.17) is 9.47 Å². The van der Waals surface area contributed by atoms with Gasteiger partial charge in [-0.15, -0.1) is 0 Å². The van der Waals surface area contributed by atoms with Gasteiger partial charge in [-0.2, -0.15) is 0 Å². The number of nitrogens with one attached hydrogen (secondary N) is 1. The molecular weight excluding hydrogens is 244 g/mol. The van der Waals surface area contributed by atoms with E-state index in [9.17, 15) is 4.79 Å². The molecule has 3 atom stereocenters. The normalized spacial score (nSPS) is 31.8. The molecule has 5 nitrogen and oxygen atoms in total. The molecule has 0 aromatic rings. The number of hydrogen-bond donors (Lipinski definition) is 1. The fourth-order valence-corrected chi connectivity index (χ4v) is 2.64. The van der Waals surface area contributed by atoms with E-state index >= 15 is 0 Å². The number of hydrogen-bond acceptors (Lipinski definition) is 4. The van der Waals surface area contributed by atoms with Crippen LogP contribution < -0.4 is 5.32 Å². The van der Waals surface area contributed by atoms with Gasteiger partial charge in [0.2, 0.25) is 0 Å². The highest BCUT2D eigenvalue weighted by molar-refractivity contribution is 5.68. The van der Waals surface area contributed by atoms with E-state index in [2.05, 4.69) is 12.2 Å². The summed E-state index contributed by atoms with van der Waals surface area (Å²) >= 11 is 0. The molecule has 2 rings (SSSR count). The van der Waals surface area contributed by atoms with Gasteiger partial charge in [0.05, 0.1) is 6.10 Å². The summed E-state index contributed by atoms with van der Waals surface area (Å²) in [4.78, 5) is 13.8. The minimum atomic E-state index is -0.420. The smallest absolute Gasteiger partial charge is 0.410 e. The number of ether oxygens (including phenoxy) is 2. The highest BCUT2D eigenvalue weighted by atomic mass is 16.6. The third-order valence-electron chi connectivity index (χ3n) is 3.67. The van der Waals surface area contributed by atoms with Crippen molar-refractivity contribution in [1.82, 2.24) is 10.2 Å². The molecule has 5 heteroatoms. The third-order valence-corrected chi connectivity index (χ3v) is 3.67. The monoisotopic (exact) mass is 270 g/mol. The largest absolute Gasteiger partial charge is 0.444 e. The van der Waals surface area contributed by atoms with Gasteiger partial charge in [0.15, 0.2) is 0 Å². The molecule has 0 aliphatic carbocycles. The van der Waals surface area contributed by atoms with Gasteiger partial charge in [0, 0.05) is 31.8 Å². The molecule has 2 saturated heterocycles. The van der Waals surface area contributed by atoms with Gasteiger partial charge in [-0.25, -0.2) is 4.79 Å². The maximum Gasteiger partial charge on any atom is 0.410 e. The summed E-state index contributed by atoms with van der Waals surface area (Å²) in [6.45, 7) is 10.1. The molecule has 2 fully saturated rings. The zero-order valence-electron chi connectivity index (χ0n) is 12.4. The summed E-state index contributed by atoms with van der Waals surface area (Å²) in [6, 6.07) is 0.783. The van der Waals surface area contributed by atoms with E-state index in [-0.39, 0.29) is 12.2 Å². The Labute approximate surface area is 115 Å². The van der Waals surface area contributed by atoms with Crippen LogP contribution in [-0.2, 0) is 9.47 Å². The highest BCUT2D eigenvalue weighted by Crippen LogP contribution is 2.18. The molecule has 0 aromatic carbocycles. The number of rotatable bonds is 2. The molecule has 2 heterocycles. The summed E-state index contributed by atoms with van der Waals surface area (Å²) in [5, 5.41) is 3.60. The third kappa shape index (κ3) is 4.08. The first kappa shape index (κ1) is 14.6. The predicted molar refractivity (Wildman–Crippen MR) is 73.2 cm³/mol. The lowest BCUT2D eigenvalue weighted by Gasteiger charge is -2.25. The minimum Gasteiger partial charge on any atom is -0.444 e. The Balaban J connectivity index is 1.78. The molecule has 0 saturated carbocycles. The molecule has 2 aliphatic rings. The first-order valence-electron chi connectivity index (χ1n) is 7.21. The van der Waals surface area contributed by atoms with Gasteiger partial charge in [0.25, 0.3) is 0 Å². The first-order valence-corrected chi connectivity index (χ1v) is 7.21. The highest BCUT2D eigenvalue weighted by Gasteiger charge is 2.33. The summed E-state index contributed by atoms with van der Waals surface area (Å²) in [6.07, 6.45) is 2.12. The molecule has 0 bridgehead atoms. The number of nitrogens with zero attached hydrogens (tertiary/aromatic N) is 1. The van der Waals surface area contributed by atoms with Crippen molar-refractivity contribution in [2.75, 3.05) is 19.7 Å². The first-order chi connectivity index (χ1) is 8.85. The van der Waals surface area contributed by atoms with Gasteiger partial charge < -0.3 is 19.7 Å². The van der Waals surface area contributed by atoms with E-state index < -0.39 is 5.60 Å². The second-order valence-corrected chi connectivity index (χ2v) is 6.55. The fourth-order valence-electron chi connectivity index (χ4n) is 2.64. The molecule has 2 aliphatic heterocycles. The molecule has 0 spiro atoms. The number of carbonyl (C=O) groups is 1. The Bertz CT molecular complexity index is 327. The lowest BCUT2D eigenvalue weighted by atomic mass is 10.1. The van der Waals surface area contributed by atoms with Gasteiger partial charge in [-0.1, -0.05) is 0 Å². The summed E-state index contributed by atoms with van der Waals surface area (Å²) < 4.78 is 10.9. The van der Waals surface area contributed by atoms with Crippen molar-refractivity contribution in [1.29, 1.82) is 0 Å². The molecule has 0 aromatic heterocycles. The fraction of sp³-hybridized carbons (Fsp3) is 0.929. The minimum absolute atomic E-state index is 0.201. The molecular formula is C14H26N2O3. The summed E-state index contributed by atoms with van der Waals surface area (Å²) in [5.41, 5.74) is -0.420. The Hall–Kier alpha value is -0.810. The lowest BCUT2D eigenvalue weighted by Crippen LogP contribution is -2.44. The van der Waals surface area contributed by atoms with Crippen molar-refractivity contribution < 1.29 is 14.3 Å². The zero-order valence-corrected chi connectivity index (χ0v) is 12.4. The van der Waals surface area contributed by atoms with Gasteiger partial charge >= 0.3 is 6.09 Å². The Morgan fingerprint density at radius 3 is 2.68 bits per heavy atom. The topological polar surface area (TPSA) is 50.8 Å². The number of amides is 1. The van der Waals surface area contributed by atoms with E-state index in [1.807, 2.05) is 20.8 Å². The van der Waals surface area contributed by atoms with Crippen LogP contribution in [0.25, 0.3) is 0 Å². The van der Waals surface area contributed by atoms with Crippen molar-refractivity contribution >= 4 is 6.09 Å². The Morgan fingerprint density at radius 2 is 2.11 bits per heavy atom. The van der Waals surface area contributed by atoms with Crippen molar-refractivity contribution in [2.45, 2.75) is 64.3 Å². The van der Waals surface area contributed by atoms with Crippen molar-refractivity contribution in [3.8, 4) is 0 Å². The van der Waals surface area contributed by atoms with Gasteiger partial charge in [0.1, 0.15) is 5.60 Å². The van der Waals surface area contributed by atoms with E-state index in [1.54, 1.807) is 4.90 Å². The SMILES string of the molecule is CC1OCCC1NC1CCN(C(=O)OC(C)(C)C)C1. The summed E-state index contributed by atoms with van der Waals surface area (Å²) in [5.74, 6) is 0. The van der Waals surface area contributed by atoms with Crippen molar-refractivity contribution in [3.63, 3.8) is 0 Å². The van der Waals surface area contributed by atoms with Crippen LogP contribution in [0.4, 0.5) is 4.79 Å². The average Bonchev–Trinajstić information content (AvgIpc) is 2.87. The van der Waals surface area contributed by atoms with Crippen LogP contribution in [0, 0.1) is 0 Å². The molecule has 19 heavy (non-hydrogen) atoms. The van der Waals surface area contributed by atoms with Gasteiger partial charge in [-0.05, 0) is 40.5 Å². The van der Waals surface area contributed by atoms with E-state index in [1.165, 1.54) is 0 Å². The summed E-state index contributed by atoms with van der Waals surface area (Å²) in [7, 11) is 0. The van der Waals surface area contributed by atoms with Crippen LogP contribution in [0.15, 0.2) is 0 Å². The molecule has 1 N–H and O–H groups in total. The van der Waals surface area contributed by atoms with E-state index in [0.717, 1.165) is 32.5 Å². The van der Waals surface area contributed by atoms with Gasteiger partial charge in [-0.3, -0.25) is 0 Å². The second-order valence-electron chi connectivity index (χ2n) is 6.55. The molecule has 3 unspecified atom stereocenters. The molecule has 0 radical (unpaired) electrons. The number of carbonyl (C=O) groups excluding carboxylic acids is 1. The zero-order chi connectivity index (χ0) is 14.0. The Kier molecular flexibility index (Phi) is 4.36. The quantitative estimate of drug-likeness (QED) is 0.831.